The standard InChI is InChI=1S/C52H104O4/c1-3-5-7-9-11-13-15-17-19-21-23-25-26-27-28-30-32-34-36-38-40-42-44-46-48-55-50-51(49-53)56-52(54)47-45-43-41-39-37-35-33-31-29-24-22-20-18-16-14-12-10-8-6-4-2/h51,53H,3-50H2,1-2H3. The van der Waals surface area contributed by atoms with Gasteiger partial charge >= 0.3 is 5.97 Å². The number of rotatable bonds is 50. The van der Waals surface area contributed by atoms with E-state index in [2.05, 4.69) is 13.8 Å². The number of unbranched alkanes of at least 4 members (excludes halogenated alkanes) is 42. The Bertz CT molecular complexity index is 711. The summed E-state index contributed by atoms with van der Waals surface area (Å²) in [5, 5.41) is 9.65. The second-order valence-electron chi connectivity index (χ2n) is 18.0. The summed E-state index contributed by atoms with van der Waals surface area (Å²) in [6, 6.07) is 0. The second-order valence-corrected chi connectivity index (χ2v) is 18.0. The Balaban J connectivity index is 3.31. The summed E-state index contributed by atoms with van der Waals surface area (Å²) in [5.41, 5.74) is 0. The molecule has 56 heavy (non-hydrogen) atoms. The fourth-order valence-electron chi connectivity index (χ4n) is 8.27. The maximum atomic E-state index is 12.3. The van der Waals surface area contributed by atoms with Crippen molar-refractivity contribution in [3.8, 4) is 0 Å². The van der Waals surface area contributed by atoms with Crippen molar-refractivity contribution in [2.75, 3.05) is 19.8 Å². The van der Waals surface area contributed by atoms with Crippen LogP contribution in [0.25, 0.3) is 0 Å². The van der Waals surface area contributed by atoms with E-state index in [-0.39, 0.29) is 12.6 Å². The van der Waals surface area contributed by atoms with E-state index in [0.29, 0.717) is 19.6 Å². The summed E-state index contributed by atoms with van der Waals surface area (Å²) in [6.45, 7) is 5.42. The van der Waals surface area contributed by atoms with Gasteiger partial charge in [-0.25, -0.2) is 0 Å². The molecule has 0 aliphatic carbocycles. The number of carbonyl (C=O) groups is 1. The number of ether oxygens (including phenoxy) is 2. The predicted octanol–water partition coefficient (Wildman–Crippen LogP) is 17.5. The van der Waals surface area contributed by atoms with E-state index >= 15 is 0 Å². The summed E-state index contributed by atoms with van der Waals surface area (Å²) < 4.78 is 11.2. The molecule has 0 aliphatic rings. The lowest BCUT2D eigenvalue weighted by Gasteiger charge is -2.16. The van der Waals surface area contributed by atoms with E-state index in [0.717, 1.165) is 19.3 Å². The van der Waals surface area contributed by atoms with Gasteiger partial charge in [-0.1, -0.05) is 284 Å². The van der Waals surface area contributed by atoms with Crippen LogP contribution in [0.2, 0.25) is 0 Å². The molecule has 4 heteroatoms. The SMILES string of the molecule is CCCCCCCCCCCCCCCCCCCCCCCCCCOCC(CO)OC(=O)CCCCCCCCCCCCCCCCCCCCCC. The molecule has 0 spiro atoms. The third kappa shape index (κ3) is 47.8. The molecule has 4 nitrogen and oxygen atoms in total. The van der Waals surface area contributed by atoms with Gasteiger partial charge in [0.1, 0.15) is 6.10 Å². The third-order valence-corrected chi connectivity index (χ3v) is 12.2. The molecular weight excluding hydrogens is 689 g/mol. The van der Waals surface area contributed by atoms with Gasteiger partial charge in [0.2, 0.25) is 0 Å². The fraction of sp³-hybridized carbons (Fsp3) is 0.981. The summed E-state index contributed by atoms with van der Waals surface area (Å²) in [5.74, 6) is -0.190. The van der Waals surface area contributed by atoms with Crippen molar-refractivity contribution in [1.29, 1.82) is 0 Å². The zero-order valence-electron chi connectivity index (χ0n) is 38.7. The molecule has 1 N–H and O–H groups in total. The first-order valence-corrected chi connectivity index (χ1v) is 26.1. The maximum absolute atomic E-state index is 12.3. The zero-order valence-corrected chi connectivity index (χ0v) is 38.7. The summed E-state index contributed by atoms with van der Waals surface area (Å²) in [6.07, 6.45) is 60.6. The van der Waals surface area contributed by atoms with Crippen LogP contribution in [0.15, 0.2) is 0 Å². The number of aliphatic hydroxyl groups is 1. The van der Waals surface area contributed by atoms with Gasteiger partial charge in [0, 0.05) is 13.0 Å². The third-order valence-electron chi connectivity index (χ3n) is 12.2. The highest BCUT2D eigenvalue weighted by atomic mass is 16.6. The molecule has 0 rings (SSSR count). The van der Waals surface area contributed by atoms with E-state index in [1.54, 1.807) is 0 Å². The van der Waals surface area contributed by atoms with Crippen LogP contribution in [-0.2, 0) is 14.3 Å². The molecule has 0 aliphatic heterocycles. The van der Waals surface area contributed by atoms with E-state index in [1.165, 1.54) is 263 Å². The van der Waals surface area contributed by atoms with Gasteiger partial charge in [-0.05, 0) is 12.8 Å². The molecule has 0 aromatic carbocycles. The average molecular weight is 793 g/mol. The Morgan fingerprint density at radius 2 is 0.589 bits per heavy atom. The van der Waals surface area contributed by atoms with Crippen LogP contribution >= 0.6 is 0 Å². The van der Waals surface area contributed by atoms with E-state index < -0.39 is 6.10 Å². The molecule has 1 atom stereocenters. The first-order valence-electron chi connectivity index (χ1n) is 26.1. The first-order chi connectivity index (χ1) is 27.7. The van der Waals surface area contributed by atoms with Crippen molar-refractivity contribution in [1.82, 2.24) is 0 Å². The van der Waals surface area contributed by atoms with Crippen molar-refractivity contribution in [2.45, 2.75) is 309 Å². The molecule has 0 aromatic heterocycles. The van der Waals surface area contributed by atoms with Crippen LogP contribution in [0.3, 0.4) is 0 Å². The number of hydrogen-bond acceptors (Lipinski definition) is 4. The molecule has 0 aromatic rings. The minimum Gasteiger partial charge on any atom is -0.457 e. The second kappa shape index (κ2) is 50.5. The van der Waals surface area contributed by atoms with Crippen LogP contribution in [0.5, 0.6) is 0 Å². The van der Waals surface area contributed by atoms with Crippen molar-refractivity contribution >= 4 is 5.97 Å². The predicted molar refractivity (Wildman–Crippen MR) is 247 cm³/mol. The van der Waals surface area contributed by atoms with E-state index in [4.69, 9.17) is 9.47 Å². The quantitative estimate of drug-likeness (QED) is 0.0492. The van der Waals surface area contributed by atoms with Crippen LogP contribution in [-0.4, -0.2) is 37.0 Å². The highest BCUT2D eigenvalue weighted by Gasteiger charge is 2.13. The number of hydrogen-bond donors (Lipinski definition) is 1. The lowest BCUT2D eigenvalue weighted by atomic mass is 10.0. The van der Waals surface area contributed by atoms with Gasteiger partial charge in [0.15, 0.2) is 0 Å². The van der Waals surface area contributed by atoms with Crippen molar-refractivity contribution in [3.63, 3.8) is 0 Å². The monoisotopic (exact) mass is 793 g/mol. The largest absolute Gasteiger partial charge is 0.457 e. The molecular formula is C52H104O4. The zero-order chi connectivity index (χ0) is 40.5. The highest BCUT2D eigenvalue weighted by molar-refractivity contribution is 5.69. The van der Waals surface area contributed by atoms with Gasteiger partial charge in [0.05, 0.1) is 13.2 Å². The molecule has 0 bridgehead atoms. The molecule has 0 saturated heterocycles. The van der Waals surface area contributed by atoms with Gasteiger partial charge in [-0.15, -0.1) is 0 Å². The topological polar surface area (TPSA) is 55.8 Å². The molecule has 0 saturated carbocycles. The van der Waals surface area contributed by atoms with Crippen LogP contribution < -0.4 is 0 Å². The summed E-state index contributed by atoms with van der Waals surface area (Å²) in [4.78, 5) is 12.3. The number of esters is 1. The van der Waals surface area contributed by atoms with Crippen molar-refractivity contribution in [3.05, 3.63) is 0 Å². The maximum Gasteiger partial charge on any atom is 0.306 e. The van der Waals surface area contributed by atoms with Crippen LogP contribution in [0, 0.1) is 0 Å². The smallest absolute Gasteiger partial charge is 0.306 e. The van der Waals surface area contributed by atoms with Crippen LogP contribution in [0.4, 0.5) is 0 Å². The number of aliphatic hydroxyl groups excluding tert-OH is 1. The highest BCUT2D eigenvalue weighted by Crippen LogP contribution is 2.17. The normalized spacial score (nSPS) is 12.1. The lowest BCUT2D eigenvalue weighted by Crippen LogP contribution is -2.27. The molecule has 0 heterocycles. The Morgan fingerprint density at radius 1 is 0.357 bits per heavy atom. The van der Waals surface area contributed by atoms with E-state index in [1.807, 2.05) is 0 Å². The Labute approximate surface area is 353 Å². The summed E-state index contributed by atoms with van der Waals surface area (Å²) >= 11 is 0. The van der Waals surface area contributed by atoms with Crippen LogP contribution in [0.1, 0.15) is 303 Å². The molecule has 0 amide bonds. The van der Waals surface area contributed by atoms with Gasteiger partial charge < -0.3 is 14.6 Å². The fourth-order valence-corrected chi connectivity index (χ4v) is 8.27. The van der Waals surface area contributed by atoms with Crippen molar-refractivity contribution < 1.29 is 19.4 Å². The Morgan fingerprint density at radius 3 is 0.839 bits per heavy atom. The summed E-state index contributed by atoms with van der Waals surface area (Å²) in [7, 11) is 0. The van der Waals surface area contributed by atoms with Gasteiger partial charge in [-0.2, -0.15) is 0 Å². The first kappa shape index (κ1) is 55.4. The average Bonchev–Trinajstić information content (AvgIpc) is 3.20. The number of carbonyl (C=O) groups excluding carboxylic acids is 1. The molecule has 0 radical (unpaired) electrons. The molecule has 1 unspecified atom stereocenters. The van der Waals surface area contributed by atoms with Crippen molar-refractivity contribution in [2.24, 2.45) is 0 Å². The minimum absolute atomic E-state index is 0.162. The molecule has 0 fully saturated rings. The Hall–Kier alpha value is -0.610. The lowest BCUT2D eigenvalue weighted by molar-refractivity contribution is -0.154. The minimum atomic E-state index is -0.526. The van der Waals surface area contributed by atoms with Gasteiger partial charge in [-0.3, -0.25) is 4.79 Å². The Kier molecular flexibility index (Phi) is 50.0. The van der Waals surface area contributed by atoms with Gasteiger partial charge in [0.25, 0.3) is 0 Å². The molecule has 336 valence electrons. The van der Waals surface area contributed by atoms with E-state index in [9.17, 15) is 9.90 Å².